The SMILES string of the molecule is CC(C)n1ncnc1C(N)c1cccc(F)c1Br. The van der Waals surface area contributed by atoms with Crippen LogP contribution in [0.3, 0.4) is 0 Å². The van der Waals surface area contributed by atoms with Crippen LogP contribution in [-0.2, 0) is 0 Å². The summed E-state index contributed by atoms with van der Waals surface area (Å²) >= 11 is 3.22. The molecule has 6 heteroatoms. The van der Waals surface area contributed by atoms with Gasteiger partial charge in [-0.1, -0.05) is 12.1 Å². The molecule has 1 unspecified atom stereocenters. The molecular weight excluding hydrogens is 299 g/mol. The van der Waals surface area contributed by atoms with E-state index in [1.807, 2.05) is 13.8 Å². The molecule has 0 saturated heterocycles. The molecule has 0 radical (unpaired) electrons. The summed E-state index contributed by atoms with van der Waals surface area (Å²) in [6, 6.07) is 4.43. The number of nitrogens with two attached hydrogens (primary N) is 1. The minimum atomic E-state index is -0.514. The van der Waals surface area contributed by atoms with Gasteiger partial charge in [0.1, 0.15) is 18.0 Å². The van der Waals surface area contributed by atoms with Gasteiger partial charge in [-0.25, -0.2) is 14.1 Å². The zero-order chi connectivity index (χ0) is 13.3. The van der Waals surface area contributed by atoms with E-state index >= 15 is 0 Å². The monoisotopic (exact) mass is 312 g/mol. The third-order valence-electron chi connectivity index (χ3n) is 2.68. The van der Waals surface area contributed by atoms with Crippen molar-refractivity contribution in [2.45, 2.75) is 25.9 Å². The Labute approximate surface area is 113 Å². The molecular formula is C12H14BrFN4. The molecule has 0 aliphatic carbocycles. The second kappa shape index (κ2) is 5.16. The first kappa shape index (κ1) is 13.2. The maximum atomic E-state index is 13.5. The van der Waals surface area contributed by atoms with Crippen LogP contribution in [0.4, 0.5) is 4.39 Å². The molecule has 2 N–H and O–H groups in total. The first-order chi connectivity index (χ1) is 8.52. The van der Waals surface area contributed by atoms with Crippen LogP contribution in [-0.4, -0.2) is 14.8 Å². The third-order valence-corrected chi connectivity index (χ3v) is 3.52. The zero-order valence-corrected chi connectivity index (χ0v) is 11.7. The number of rotatable bonds is 3. The lowest BCUT2D eigenvalue weighted by Gasteiger charge is -2.16. The van der Waals surface area contributed by atoms with Crippen molar-refractivity contribution in [3.05, 3.63) is 46.2 Å². The quantitative estimate of drug-likeness (QED) is 0.948. The number of nitrogens with zero attached hydrogens (tertiary/aromatic N) is 3. The Balaban J connectivity index is 2.45. The topological polar surface area (TPSA) is 56.7 Å². The maximum absolute atomic E-state index is 13.5. The maximum Gasteiger partial charge on any atom is 0.148 e. The average Bonchev–Trinajstić information content (AvgIpc) is 2.81. The van der Waals surface area contributed by atoms with Gasteiger partial charge in [0, 0.05) is 6.04 Å². The molecule has 96 valence electrons. The van der Waals surface area contributed by atoms with Gasteiger partial charge in [0.05, 0.1) is 10.5 Å². The summed E-state index contributed by atoms with van der Waals surface area (Å²) in [5, 5.41) is 4.13. The summed E-state index contributed by atoms with van der Waals surface area (Å²) in [4.78, 5) is 4.17. The molecule has 0 fully saturated rings. The van der Waals surface area contributed by atoms with Gasteiger partial charge in [-0.2, -0.15) is 5.10 Å². The molecule has 2 rings (SSSR count). The zero-order valence-electron chi connectivity index (χ0n) is 10.1. The Bertz CT molecular complexity index is 553. The highest BCUT2D eigenvalue weighted by molar-refractivity contribution is 9.10. The lowest BCUT2D eigenvalue weighted by atomic mass is 10.1. The Hall–Kier alpha value is -1.27. The minimum absolute atomic E-state index is 0.154. The number of hydrogen-bond acceptors (Lipinski definition) is 3. The van der Waals surface area contributed by atoms with Gasteiger partial charge in [-0.05, 0) is 41.4 Å². The molecule has 0 amide bonds. The van der Waals surface area contributed by atoms with Gasteiger partial charge in [0.15, 0.2) is 0 Å². The number of aromatic nitrogens is 3. The van der Waals surface area contributed by atoms with Crippen LogP contribution in [0.1, 0.15) is 37.3 Å². The van der Waals surface area contributed by atoms with Gasteiger partial charge >= 0.3 is 0 Å². The lowest BCUT2D eigenvalue weighted by molar-refractivity contribution is 0.493. The molecule has 0 saturated carbocycles. The van der Waals surface area contributed by atoms with Crippen molar-refractivity contribution in [1.29, 1.82) is 0 Å². The summed E-state index contributed by atoms with van der Waals surface area (Å²) < 4.78 is 15.6. The van der Waals surface area contributed by atoms with Crippen LogP contribution in [0.2, 0.25) is 0 Å². The van der Waals surface area contributed by atoms with Crippen LogP contribution in [0.25, 0.3) is 0 Å². The summed E-state index contributed by atoms with van der Waals surface area (Å²) in [7, 11) is 0. The highest BCUT2D eigenvalue weighted by atomic mass is 79.9. The minimum Gasteiger partial charge on any atom is -0.318 e. The van der Waals surface area contributed by atoms with Crippen LogP contribution >= 0.6 is 15.9 Å². The van der Waals surface area contributed by atoms with Crippen molar-refractivity contribution >= 4 is 15.9 Å². The molecule has 0 aliphatic rings. The van der Waals surface area contributed by atoms with Crippen LogP contribution in [0, 0.1) is 5.82 Å². The van der Waals surface area contributed by atoms with Gasteiger partial charge in [0.2, 0.25) is 0 Å². The van der Waals surface area contributed by atoms with Gasteiger partial charge in [-0.3, -0.25) is 0 Å². The van der Waals surface area contributed by atoms with E-state index in [0.29, 0.717) is 15.9 Å². The fraction of sp³-hybridized carbons (Fsp3) is 0.333. The smallest absolute Gasteiger partial charge is 0.148 e. The molecule has 2 aromatic rings. The summed E-state index contributed by atoms with van der Waals surface area (Å²) in [6.07, 6.45) is 1.46. The van der Waals surface area contributed by atoms with E-state index < -0.39 is 6.04 Å². The summed E-state index contributed by atoms with van der Waals surface area (Å²) in [5.41, 5.74) is 6.81. The van der Waals surface area contributed by atoms with Crippen molar-refractivity contribution < 1.29 is 4.39 Å². The Morgan fingerprint density at radius 2 is 2.11 bits per heavy atom. The Morgan fingerprint density at radius 3 is 2.78 bits per heavy atom. The van der Waals surface area contributed by atoms with E-state index in [1.165, 1.54) is 12.4 Å². The molecule has 4 nitrogen and oxygen atoms in total. The molecule has 1 aromatic heterocycles. The molecule has 1 heterocycles. The molecule has 0 bridgehead atoms. The molecule has 0 spiro atoms. The van der Waals surface area contributed by atoms with Crippen molar-refractivity contribution in [3.8, 4) is 0 Å². The first-order valence-electron chi connectivity index (χ1n) is 5.61. The fourth-order valence-electron chi connectivity index (χ4n) is 1.78. The van der Waals surface area contributed by atoms with Gasteiger partial charge in [-0.15, -0.1) is 0 Å². The largest absolute Gasteiger partial charge is 0.318 e. The molecule has 1 atom stereocenters. The molecule has 1 aromatic carbocycles. The highest BCUT2D eigenvalue weighted by Crippen LogP contribution is 2.28. The van der Waals surface area contributed by atoms with Crippen molar-refractivity contribution in [1.82, 2.24) is 14.8 Å². The standard InChI is InChI=1S/C12H14BrFN4/c1-7(2)18-12(16-6-17-18)11(15)8-4-3-5-9(14)10(8)13/h3-7,11H,15H2,1-2H3. The summed E-state index contributed by atoms with van der Waals surface area (Å²) in [5.74, 6) is 0.287. The predicted molar refractivity (Wildman–Crippen MR) is 70.5 cm³/mol. The second-order valence-electron chi connectivity index (χ2n) is 4.28. The van der Waals surface area contributed by atoms with E-state index in [4.69, 9.17) is 5.73 Å². The van der Waals surface area contributed by atoms with E-state index in [2.05, 4.69) is 26.0 Å². The van der Waals surface area contributed by atoms with E-state index in [9.17, 15) is 4.39 Å². The highest BCUT2D eigenvalue weighted by Gasteiger charge is 2.20. The summed E-state index contributed by atoms with van der Waals surface area (Å²) in [6.45, 7) is 3.98. The number of hydrogen-bond donors (Lipinski definition) is 1. The Morgan fingerprint density at radius 1 is 1.39 bits per heavy atom. The molecule has 0 aliphatic heterocycles. The van der Waals surface area contributed by atoms with Crippen LogP contribution in [0.15, 0.2) is 29.0 Å². The second-order valence-corrected chi connectivity index (χ2v) is 5.07. The van der Waals surface area contributed by atoms with Gasteiger partial charge in [0.25, 0.3) is 0 Å². The lowest BCUT2D eigenvalue weighted by Crippen LogP contribution is -2.20. The van der Waals surface area contributed by atoms with Crippen molar-refractivity contribution in [2.24, 2.45) is 5.73 Å². The predicted octanol–water partition coefficient (Wildman–Crippen LogP) is 2.81. The third kappa shape index (κ3) is 2.30. The van der Waals surface area contributed by atoms with Crippen LogP contribution < -0.4 is 5.73 Å². The molecule has 18 heavy (non-hydrogen) atoms. The van der Waals surface area contributed by atoms with E-state index in [-0.39, 0.29) is 11.9 Å². The number of halogens is 2. The Kier molecular flexibility index (Phi) is 3.77. The average molecular weight is 313 g/mol. The van der Waals surface area contributed by atoms with Crippen LogP contribution in [0.5, 0.6) is 0 Å². The number of benzene rings is 1. The fourth-order valence-corrected chi connectivity index (χ4v) is 2.29. The van der Waals surface area contributed by atoms with Crippen molar-refractivity contribution in [2.75, 3.05) is 0 Å². The normalized spacial score (nSPS) is 13.0. The van der Waals surface area contributed by atoms with E-state index in [1.54, 1.807) is 16.8 Å². The van der Waals surface area contributed by atoms with Gasteiger partial charge < -0.3 is 5.73 Å². The van der Waals surface area contributed by atoms with Crippen molar-refractivity contribution in [3.63, 3.8) is 0 Å². The first-order valence-corrected chi connectivity index (χ1v) is 6.40. The van der Waals surface area contributed by atoms with E-state index in [0.717, 1.165) is 0 Å².